The maximum Gasteiger partial charge on any atom is 0.0931 e. The van der Waals surface area contributed by atoms with E-state index in [4.69, 9.17) is 9.47 Å². The first-order chi connectivity index (χ1) is 7.07. The molecule has 1 aliphatic heterocycles. The second-order valence-electron chi connectivity index (χ2n) is 4.86. The summed E-state index contributed by atoms with van der Waals surface area (Å²) in [7, 11) is 3.46. The molecule has 0 saturated carbocycles. The Morgan fingerprint density at radius 2 is 2.13 bits per heavy atom. The van der Waals surface area contributed by atoms with Crippen molar-refractivity contribution >= 4 is 0 Å². The Kier molecular flexibility index (Phi) is 4.99. The Bertz CT molecular complexity index is 185. The van der Waals surface area contributed by atoms with Gasteiger partial charge in [-0.25, -0.2) is 0 Å². The molecule has 1 fully saturated rings. The van der Waals surface area contributed by atoms with Gasteiger partial charge < -0.3 is 14.8 Å². The van der Waals surface area contributed by atoms with Crippen LogP contribution in [0.15, 0.2) is 0 Å². The van der Waals surface area contributed by atoms with Gasteiger partial charge in [-0.3, -0.25) is 4.90 Å². The van der Waals surface area contributed by atoms with Crippen LogP contribution in [0.3, 0.4) is 0 Å². The number of nitrogens with zero attached hydrogens (tertiary/aromatic N) is 1. The van der Waals surface area contributed by atoms with Crippen molar-refractivity contribution in [3.8, 4) is 0 Å². The maximum atomic E-state index is 5.37. The van der Waals surface area contributed by atoms with Gasteiger partial charge in [-0.1, -0.05) is 0 Å². The fourth-order valence-electron chi connectivity index (χ4n) is 2.07. The highest BCUT2D eigenvalue weighted by Gasteiger charge is 2.26. The SMILES string of the molecule is COCC(CN1CCNC(C)(C)C1)OC. The molecule has 1 heterocycles. The number of nitrogens with one attached hydrogen (secondary N) is 1. The normalized spacial score (nSPS) is 24.0. The zero-order valence-corrected chi connectivity index (χ0v) is 10.4. The minimum Gasteiger partial charge on any atom is -0.382 e. The second kappa shape index (κ2) is 5.80. The average molecular weight is 216 g/mol. The Morgan fingerprint density at radius 1 is 1.40 bits per heavy atom. The van der Waals surface area contributed by atoms with Crippen LogP contribution in [-0.4, -0.2) is 63.5 Å². The highest BCUT2D eigenvalue weighted by Crippen LogP contribution is 2.10. The fourth-order valence-corrected chi connectivity index (χ4v) is 2.07. The largest absolute Gasteiger partial charge is 0.382 e. The van der Waals surface area contributed by atoms with Crippen molar-refractivity contribution in [2.45, 2.75) is 25.5 Å². The van der Waals surface area contributed by atoms with Gasteiger partial charge in [0, 0.05) is 45.9 Å². The van der Waals surface area contributed by atoms with Crippen LogP contribution in [0.25, 0.3) is 0 Å². The molecular formula is C11H24N2O2. The van der Waals surface area contributed by atoms with Crippen molar-refractivity contribution in [1.29, 1.82) is 0 Å². The summed E-state index contributed by atoms with van der Waals surface area (Å²) in [6, 6.07) is 0. The first kappa shape index (κ1) is 12.9. The number of hydrogen-bond acceptors (Lipinski definition) is 4. The zero-order chi connectivity index (χ0) is 11.3. The molecule has 1 rings (SSSR count). The molecule has 0 spiro atoms. The number of methoxy groups -OCH3 is 2. The lowest BCUT2D eigenvalue weighted by Crippen LogP contribution is -2.58. The van der Waals surface area contributed by atoms with Crippen molar-refractivity contribution in [3.05, 3.63) is 0 Å². The molecule has 0 amide bonds. The average Bonchev–Trinajstić information content (AvgIpc) is 2.15. The van der Waals surface area contributed by atoms with E-state index in [0.717, 1.165) is 26.2 Å². The lowest BCUT2D eigenvalue weighted by molar-refractivity contribution is -0.00297. The van der Waals surface area contributed by atoms with E-state index < -0.39 is 0 Å². The van der Waals surface area contributed by atoms with Crippen LogP contribution >= 0.6 is 0 Å². The van der Waals surface area contributed by atoms with Gasteiger partial charge in [-0.15, -0.1) is 0 Å². The number of ether oxygens (including phenoxy) is 2. The Balaban J connectivity index is 2.36. The van der Waals surface area contributed by atoms with Crippen molar-refractivity contribution in [2.24, 2.45) is 0 Å². The molecule has 4 heteroatoms. The number of rotatable bonds is 5. The second-order valence-corrected chi connectivity index (χ2v) is 4.86. The molecular weight excluding hydrogens is 192 g/mol. The third-order valence-electron chi connectivity index (χ3n) is 2.80. The first-order valence-electron chi connectivity index (χ1n) is 5.56. The molecule has 15 heavy (non-hydrogen) atoms. The summed E-state index contributed by atoms with van der Waals surface area (Å²) in [5.41, 5.74) is 0.212. The van der Waals surface area contributed by atoms with Gasteiger partial charge in [-0.2, -0.15) is 0 Å². The van der Waals surface area contributed by atoms with Gasteiger partial charge in [-0.05, 0) is 13.8 Å². The minimum absolute atomic E-state index is 0.184. The molecule has 0 radical (unpaired) electrons. The third kappa shape index (κ3) is 4.47. The molecule has 1 atom stereocenters. The van der Waals surface area contributed by atoms with Crippen LogP contribution in [0.5, 0.6) is 0 Å². The van der Waals surface area contributed by atoms with Gasteiger partial charge >= 0.3 is 0 Å². The van der Waals surface area contributed by atoms with Crippen LogP contribution < -0.4 is 5.32 Å². The smallest absolute Gasteiger partial charge is 0.0931 e. The summed E-state index contributed by atoms with van der Waals surface area (Å²) in [5.74, 6) is 0. The van der Waals surface area contributed by atoms with E-state index >= 15 is 0 Å². The molecule has 0 aliphatic carbocycles. The first-order valence-corrected chi connectivity index (χ1v) is 5.56. The number of piperazine rings is 1. The highest BCUT2D eigenvalue weighted by molar-refractivity contribution is 4.87. The van der Waals surface area contributed by atoms with Crippen LogP contribution in [0.1, 0.15) is 13.8 Å². The lowest BCUT2D eigenvalue weighted by Gasteiger charge is -2.40. The summed E-state index contributed by atoms with van der Waals surface area (Å²) in [5, 5.41) is 3.50. The quantitative estimate of drug-likeness (QED) is 0.718. The Hall–Kier alpha value is -0.160. The van der Waals surface area contributed by atoms with E-state index in [-0.39, 0.29) is 11.6 Å². The topological polar surface area (TPSA) is 33.7 Å². The summed E-state index contributed by atoms with van der Waals surface area (Å²) >= 11 is 0. The van der Waals surface area contributed by atoms with Crippen molar-refractivity contribution in [1.82, 2.24) is 10.2 Å². The fraction of sp³-hybridized carbons (Fsp3) is 1.00. The molecule has 0 aromatic heterocycles. The highest BCUT2D eigenvalue weighted by atomic mass is 16.5. The molecule has 1 N–H and O–H groups in total. The van der Waals surface area contributed by atoms with Crippen molar-refractivity contribution in [3.63, 3.8) is 0 Å². The van der Waals surface area contributed by atoms with Crippen LogP contribution in [0.2, 0.25) is 0 Å². The zero-order valence-electron chi connectivity index (χ0n) is 10.4. The minimum atomic E-state index is 0.184. The van der Waals surface area contributed by atoms with Crippen molar-refractivity contribution in [2.75, 3.05) is 47.0 Å². The van der Waals surface area contributed by atoms with E-state index in [2.05, 4.69) is 24.1 Å². The Labute approximate surface area is 92.9 Å². The molecule has 1 unspecified atom stereocenters. The maximum absolute atomic E-state index is 5.37. The molecule has 90 valence electrons. The monoisotopic (exact) mass is 216 g/mol. The molecule has 1 aliphatic rings. The van der Waals surface area contributed by atoms with Gasteiger partial charge in [0.1, 0.15) is 0 Å². The van der Waals surface area contributed by atoms with E-state index in [9.17, 15) is 0 Å². The molecule has 4 nitrogen and oxygen atoms in total. The van der Waals surface area contributed by atoms with Gasteiger partial charge in [0.2, 0.25) is 0 Å². The van der Waals surface area contributed by atoms with Crippen molar-refractivity contribution < 1.29 is 9.47 Å². The predicted molar refractivity (Wildman–Crippen MR) is 61.2 cm³/mol. The van der Waals surface area contributed by atoms with E-state index in [1.807, 2.05) is 0 Å². The predicted octanol–water partition coefficient (Wildman–Crippen LogP) is 0.332. The summed E-state index contributed by atoms with van der Waals surface area (Å²) < 4.78 is 10.5. The molecule has 0 aromatic rings. The van der Waals surface area contributed by atoms with Crippen LogP contribution in [0, 0.1) is 0 Å². The summed E-state index contributed by atoms with van der Waals surface area (Å²) in [4.78, 5) is 2.43. The summed E-state index contributed by atoms with van der Waals surface area (Å²) in [6.07, 6.45) is 0.184. The molecule has 0 bridgehead atoms. The van der Waals surface area contributed by atoms with E-state index in [1.165, 1.54) is 0 Å². The third-order valence-corrected chi connectivity index (χ3v) is 2.80. The summed E-state index contributed by atoms with van der Waals surface area (Å²) in [6.45, 7) is 9.30. The van der Waals surface area contributed by atoms with Gasteiger partial charge in [0.05, 0.1) is 12.7 Å². The van der Waals surface area contributed by atoms with E-state index in [1.54, 1.807) is 14.2 Å². The van der Waals surface area contributed by atoms with Crippen LogP contribution in [0.4, 0.5) is 0 Å². The van der Waals surface area contributed by atoms with Gasteiger partial charge in [0.25, 0.3) is 0 Å². The van der Waals surface area contributed by atoms with E-state index in [0.29, 0.717) is 6.61 Å². The number of hydrogen-bond donors (Lipinski definition) is 1. The molecule has 0 aromatic carbocycles. The lowest BCUT2D eigenvalue weighted by atomic mass is 10.0. The van der Waals surface area contributed by atoms with Gasteiger partial charge in [0.15, 0.2) is 0 Å². The molecule has 1 saturated heterocycles. The Morgan fingerprint density at radius 3 is 2.67 bits per heavy atom. The van der Waals surface area contributed by atoms with Crippen LogP contribution in [-0.2, 0) is 9.47 Å². The standard InChI is InChI=1S/C11H24N2O2/c1-11(2)9-13(6-5-12-11)7-10(15-4)8-14-3/h10,12H,5-9H2,1-4H3.